The Kier molecular flexibility index (Phi) is 6.03. The molecule has 0 fully saturated rings. The molecule has 0 saturated carbocycles. The van der Waals surface area contributed by atoms with Crippen molar-refractivity contribution in [2.75, 3.05) is 0 Å². The molecule has 88 valence electrons. The second-order valence-electron chi connectivity index (χ2n) is 3.09. The summed E-state index contributed by atoms with van der Waals surface area (Å²) in [5, 5.41) is 11.2. The molecule has 1 aromatic rings. The van der Waals surface area contributed by atoms with Crippen molar-refractivity contribution in [3.8, 4) is 0 Å². The van der Waals surface area contributed by atoms with Crippen LogP contribution in [0, 0.1) is 10.1 Å². The van der Waals surface area contributed by atoms with E-state index in [-0.39, 0.29) is 18.1 Å². The first-order valence-electron chi connectivity index (χ1n) is 4.36. The van der Waals surface area contributed by atoms with E-state index < -0.39 is 11.0 Å². The van der Waals surface area contributed by atoms with E-state index in [2.05, 4.69) is 6.58 Å². The number of hydrogen-bond acceptors (Lipinski definition) is 3. The number of hydrogen-bond donors (Lipinski definition) is 1. The van der Waals surface area contributed by atoms with Gasteiger partial charge in [-0.25, -0.2) is 0 Å². The molecule has 0 aliphatic carbocycles. The minimum atomic E-state index is -0.464. The van der Waals surface area contributed by atoms with Gasteiger partial charge in [0.15, 0.2) is 0 Å². The summed E-state index contributed by atoms with van der Waals surface area (Å²) in [5.41, 5.74) is 6.21. The Morgan fingerprint density at radius 1 is 1.62 bits per heavy atom. The SMILES string of the molecule is C=CC[C@H](N)c1cc(Cl)ccc1[N+](=O)[O-].Cl. The highest BCUT2D eigenvalue weighted by atomic mass is 35.5. The Morgan fingerprint density at radius 3 is 2.75 bits per heavy atom. The van der Waals surface area contributed by atoms with Gasteiger partial charge in [-0.3, -0.25) is 10.1 Å². The van der Waals surface area contributed by atoms with Crippen LogP contribution >= 0.6 is 24.0 Å². The van der Waals surface area contributed by atoms with E-state index in [1.807, 2.05) is 0 Å². The van der Waals surface area contributed by atoms with Crippen molar-refractivity contribution in [2.45, 2.75) is 12.5 Å². The summed E-state index contributed by atoms with van der Waals surface area (Å²) in [4.78, 5) is 10.3. The van der Waals surface area contributed by atoms with Crippen LogP contribution in [0.2, 0.25) is 5.02 Å². The van der Waals surface area contributed by atoms with Crippen molar-refractivity contribution < 1.29 is 4.92 Å². The van der Waals surface area contributed by atoms with Gasteiger partial charge in [-0.1, -0.05) is 17.7 Å². The summed E-state index contributed by atoms with van der Waals surface area (Å²) in [6.45, 7) is 3.54. The highest BCUT2D eigenvalue weighted by Gasteiger charge is 2.18. The van der Waals surface area contributed by atoms with Gasteiger partial charge in [-0.2, -0.15) is 0 Å². The minimum Gasteiger partial charge on any atom is -0.323 e. The van der Waals surface area contributed by atoms with Crippen LogP contribution in [-0.2, 0) is 0 Å². The maximum Gasteiger partial charge on any atom is 0.274 e. The minimum absolute atomic E-state index is 0. The van der Waals surface area contributed by atoms with Crippen LogP contribution < -0.4 is 5.73 Å². The molecule has 0 unspecified atom stereocenters. The zero-order chi connectivity index (χ0) is 11.4. The summed E-state index contributed by atoms with van der Waals surface area (Å²) >= 11 is 5.76. The summed E-state index contributed by atoms with van der Waals surface area (Å²) in [7, 11) is 0. The van der Waals surface area contributed by atoms with E-state index >= 15 is 0 Å². The highest BCUT2D eigenvalue weighted by molar-refractivity contribution is 6.30. The zero-order valence-electron chi connectivity index (χ0n) is 8.43. The van der Waals surface area contributed by atoms with E-state index in [0.29, 0.717) is 17.0 Å². The molecule has 0 aliphatic rings. The van der Waals surface area contributed by atoms with Gasteiger partial charge in [0.1, 0.15) is 0 Å². The van der Waals surface area contributed by atoms with Crippen LogP contribution in [0.25, 0.3) is 0 Å². The predicted octanol–water partition coefficient (Wildman–Crippen LogP) is 3.25. The molecule has 0 aliphatic heterocycles. The molecule has 6 heteroatoms. The first kappa shape index (κ1) is 14.9. The molecule has 2 N–H and O–H groups in total. The zero-order valence-corrected chi connectivity index (χ0v) is 10.0. The largest absolute Gasteiger partial charge is 0.323 e. The van der Waals surface area contributed by atoms with Crippen LogP contribution in [0.5, 0.6) is 0 Å². The lowest BCUT2D eigenvalue weighted by Crippen LogP contribution is -2.11. The Morgan fingerprint density at radius 2 is 2.25 bits per heavy atom. The fourth-order valence-corrected chi connectivity index (χ4v) is 1.48. The van der Waals surface area contributed by atoms with Crippen LogP contribution in [-0.4, -0.2) is 4.92 Å². The van der Waals surface area contributed by atoms with E-state index in [4.69, 9.17) is 17.3 Å². The third kappa shape index (κ3) is 3.48. The molecule has 0 aromatic heterocycles. The highest BCUT2D eigenvalue weighted by Crippen LogP contribution is 2.28. The van der Waals surface area contributed by atoms with Gasteiger partial charge in [0.25, 0.3) is 5.69 Å². The van der Waals surface area contributed by atoms with Gasteiger partial charge in [-0.05, 0) is 18.6 Å². The van der Waals surface area contributed by atoms with Crippen molar-refractivity contribution in [3.05, 3.63) is 51.6 Å². The summed E-state index contributed by atoms with van der Waals surface area (Å²) in [5.74, 6) is 0. The molecule has 0 radical (unpaired) electrons. The van der Waals surface area contributed by atoms with Crippen LogP contribution in [0.15, 0.2) is 30.9 Å². The van der Waals surface area contributed by atoms with Gasteiger partial charge in [0, 0.05) is 22.7 Å². The summed E-state index contributed by atoms with van der Waals surface area (Å²) < 4.78 is 0. The van der Waals surface area contributed by atoms with Crippen molar-refractivity contribution in [2.24, 2.45) is 5.73 Å². The predicted molar refractivity (Wildman–Crippen MR) is 67.1 cm³/mol. The average molecular weight is 263 g/mol. The van der Waals surface area contributed by atoms with Gasteiger partial charge in [0.05, 0.1) is 4.92 Å². The lowest BCUT2D eigenvalue weighted by atomic mass is 10.0. The number of benzene rings is 1. The first-order valence-corrected chi connectivity index (χ1v) is 4.74. The molecular weight excluding hydrogens is 251 g/mol. The third-order valence-corrected chi connectivity index (χ3v) is 2.24. The molecule has 0 amide bonds. The smallest absolute Gasteiger partial charge is 0.274 e. The maximum atomic E-state index is 10.7. The summed E-state index contributed by atoms with van der Waals surface area (Å²) in [6, 6.07) is 3.92. The Balaban J connectivity index is 0.00000225. The average Bonchev–Trinajstić information content (AvgIpc) is 2.17. The molecule has 4 nitrogen and oxygen atoms in total. The normalized spacial score (nSPS) is 11.4. The van der Waals surface area contributed by atoms with E-state index in [1.165, 1.54) is 18.2 Å². The van der Waals surface area contributed by atoms with Crippen molar-refractivity contribution in [1.29, 1.82) is 0 Å². The van der Waals surface area contributed by atoms with E-state index in [0.717, 1.165) is 0 Å². The molecule has 0 heterocycles. The summed E-state index contributed by atoms with van der Waals surface area (Å²) in [6.07, 6.45) is 2.09. The van der Waals surface area contributed by atoms with Crippen molar-refractivity contribution >= 4 is 29.7 Å². The number of halogens is 2. The number of nitro groups is 1. The number of nitrogens with two attached hydrogens (primary N) is 1. The van der Waals surface area contributed by atoms with E-state index in [9.17, 15) is 10.1 Å². The molecule has 1 atom stereocenters. The number of rotatable bonds is 4. The van der Waals surface area contributed by atoms with Crippen molar-refractivity contribution in [1.82, 2.24) is 0 Å². The Labute approximate surface area is 105 Å². The standard InChI is InChI=1S/C10H11ClN2O2.ClH/c1-2-3-9(12)8-6-7(11)4-5-10(8)13(14)15;/h2,4-6,9H,1,3,12H2;1H/t9-;/m0./s1. The molecule has 1 rings (SSSR count). The lowest BCUT2D eigenvalue weighted by molar-refractivity contribution is -0.385. The fraction of sp³-hybridized carbons (Fsp3) is 0.200. The molecule has 0 bridgehead atoms. The first-order chi connectivity index (χ1) is 7.06. The molecule has 0 spiro atoms. The third-order valence-electron chi connectivity index (χ3n) is 2.01. The van der Waals surface area contributed by atoms with Gasteiger partial charge >= 0.3 is 0 Å². The second kappa shape index (κ2) is 6.48. The fourth-order valence-electron chi connectivity index (χ4n) is 1.30. The van der Waals surface area contributed by atoms with Gasteiger partial charge in [-0.15, -0.1) is 19.0 Å². The quantitative estimate of drug-likeness (QED) is 0.515. The maximum absolute atomic E-state index is 10.7. The topological polar surface area (TPSA) is 69.2 Å². The number of nitrogens with zero attached hydrogens (tertiary/aromatic N) is 1. The molecule has 0 saturated heterocycles. The van der Waals surface area contributed by atoms with E-state index in [1.54, 1.807) is 6.08 Å². The number of nitro benzene ring substituents is 1. The molecule has 1 aromatic carbocycles. The van der Waals surface area contributed by atoms with Gasteiger partial charge in [0.2, 0.25) is 0 Å². The van der Waals surface area contributed by atoms with Crippen LogP contribution in [0.4, 0.5) is 5.69 Å². The monoisotopic (exact) mass is 262 g/mol. The van der Waals surface area contributed by atoms with Crippen LogP contribution in [0.1, 0.15) is 18.0 Å². The van der Waals surface area contributed by atoms with Crippen molar-refractivity contribution in [3.63, 3.8) is 0 Å². The van der Waals surface area contributed by atoms with Gasteiger partial charge < -0.3 is 5.73 Å². The molecule has 16 heavy (non-hydrogen) atoms. The lowest BCUT2D eigenvalue weighted by Gasteiger charge is -2.10. The Bertz CT molecular complexity index is 396. The Hall–Kier alpha value is -1.10. The second-order valence-corrected chi connectivity index (χ2v) is 3.53. The molecular formula is C10H12Cl2N2O2. The van der Waals surface area contributed by atoms with Crippen LogP contribution in [0.3, 0.4) is 0 Å².